The standard InChI is InChI=1S/HIO3.O3/c2-1(3)4;1-2-3-1/h2H;. The van der Waals surface area contributed by atoms with E-state index in [2.05, 4.69) is 14.2 Å². The van der Waals surface area contributed by atoms with Crippen LogP contribution in [0.15, 0.2) is 14.2 Å². The van der Waals surface area contributed by atoms with Crippen molar-refractivity contribution in [3.05, 3.63) is 0 Å². The summed E-state index contributed by atoms with van der Waals surface area (Å²) in [5.74, 6) is 0. The van der Waals surface area contributed by atoms with Crippen LogP contribution in [0.4, 0.5) is 0 Å². The van der Waals surface area contributed by atoms with E-state index in [-0.39, 0.29) is 0 Å². The third kappa shape index (κ3) is 94.7. The van der Waals surface area contributed by atoms with Gasteiger partial charge >= 0.3 is 21.1 Å². The largest absolute Gasteiger partial charge is 0.503 e. The van der Waals surface area contributed by atoms with Crippen molar-refractivity contribution < 1.29 is 45.6 Å². The normalized spacial score (nSPS) is 8.57. The maximum Gasteiger partial charge on any atom is 0.503 e. The Kier molecular flexibility index (Phi) is 4.18. The lowest BCUT2D eigenvalue weighted by Gasteiger charge is -1.67. The van der Waals surface area contributed by atoms with Gasteiger partial charge in [-0.25, -0.2) is 0 Å². The van der Waals surface area contributed by atoms with Crippen molar-refractivity contribution in [1.82, 2.24) is 0 Å². The molecule has 44 valence electrons. The van der Waals surface area contributed by atoms with Crippen molar-refractivity contribution in [2.45, 2.75) is 0 Å². The van der Waals surface area contributed by atoms with Crippen LogP contribution in [0.25, 0.3) is 0 Å². The fourth-order valence-corrected chi connectivity index (χ4v) is 0. The van der Waals surface area contributed by atoms with E-state index in [1.165, 1.54) is 0 Å². The predicted molar refractivity (Wildman–Crippen MR) is 5.46 cm³/mol. The summed E-state index contributed by atoms with van der Waals surface area (Å²) in [5, 5.41) is 0. The van der Waals surface area contributed by atoms with Gasteiger partial charge in [0.1, 0.15) is 0 Å². The molecule has 0 amide bonds. The van der Waals surface area contributed by atoms with Gasteiger partial charge in [0.15, 0.2) is 0 Å². The molecule has 0 saturated heterocycles. The number of hydrogen-bond donors (Lipinski definition) is 1. The second kappa shape index (κ2) is 4.18. The zero-order chi connectivity index (χ0) is 5.70. The molecule has 0 fully saturated rings. The van der Waals surface area contributed by atoms with Crippen LogP contribution in [0.5, 0.6) is 0 Å². The van der Waals surface area contributed by atoms with Crippen LogP contribution in [0.2, 0.25) is 0 Å². The zero-order valence-corrected chi connectivity index (χ0v) is 5.02. The summed E-state index contributed by atoms with van der Waals surface area (Å²) in [4.78, 5) is 0. The van der Waals surface area contributed by atoms with Gasteiger partial charge in [-0.15, -0.1) is 0 Å². The third-order valence-electron chi connectivity index (χ3n) is 0.0680. The van der Waals surface area contributed by atoms with E-state index >= 15 is 0 Å². The van der Waals surface area contributed by atoms with Gasteiger partial charge < -0.3 is 6.87 Å². The first-order chi connectivity index (χ1) is 3.23. The number of hydrogen-bond acceptors (Lipinski definition) is 6. The van der Waals surface area contributed by atoms with Gasteiger partial charge in [-0.1, -0.05) is 0 Å². The first-order valence-corrected chi connectivity index (χ1v) is 3.70. The SMILES string of the molecule is [O-][I+2]([O-])O.o1oo1. The van der Waals surface area contributed by atoms with E-state index in [4.69, 9.17) is 10.3 Å². The molecule has 0 spiro atoms. The molecule has 7 heteroatoms. The molecule has 1 heterocycles. The van der Waals surface area contributed by atoms with Crippen LogP contribution in [0, 0.1) is 0 Å². The maximum atomic E-state index is 8.68. The van der Waals surface area contributed by atoms with Crippen molar-refractivity contribution in [2.75, 3.05) is 0 Å². The van der Waals surface area contributed by atoms with E-state index in [1.807, 2.05) is 0 Å². The van der Waals surface area contributed by atoms with Gasteiger partial charge in [0, 0.05) is 14.2 Å². The first-order valence-electron chi connectivity index (χ1n) is 0.978. The Morgan fingerprint density at radius 2 is 1.29 bits per heavy atom. The molecule has 0 aromatic carbocycles. The topological polar surface area (TPSA) is 106 Å². The second-order valence-corrected chi connectivity index (χ2v) is 1.55. The summed E-state index contributed by atoms with van der Waals surface area (Å²) in [7, 11) is 0. The Morgan fingerprint density at radius 1 is 1.14 bits per heavy atom. The molecule has 0 aliphatic carbocycles. The first kappa shape index (κ1) is 7.01. The molecule has 1 N–H and O–H groups in total. The Balaban J connectivity index is 0.000000105. The Hall–Kier alpha value is 0.01000. The van der Waals surface area contributed by atoms with Gasteiger partial charge in [-0.2, -0.15) is 0 Å². The molecule has 6 nitrogen and oxygen atoms in total. The highest BCUT2D eigenvalue weighted by Crippen LogP contribution is 1.79. The maximum absolute atomic E-state index is 8.68. The molecule has 1 aromatic heterocycles. The minimum atomic E-state index is -3.76. The fourth-order valence-electron chi connectivity index (χ4n) is 0. The summed E-state index contributed by atoms with van der Waals surface area (Å²) < 4.78 is 35.0. The van der Waals surface area contributed by atoms with E-state index in [1.54, 1.807) is 0 Å². The molecule has 0 atom stereocenters. The average molecular weight is 224 g/mol. The predicted octanol–water partition coefficient (Wildman–Crippen LogP) is -5.47. The van der Waals surface area contributed by atoms with Crippen LogP contribution < -0.4 is 27.9 Å². The van der Waals surface area contributed by atoms with Crippen molar-refractivity contribution in [3.8, 4) is 0 Å². The Labute approximate surface area is 46.1 Å². The monoisotopic (exact) mass is 224 g/mol. The van der Waals surface area contributed by atoms with Crippen molar-refractivity contribution >= 4 is 0 Å². The van der Waals surface area contributed by atoms with E-state index in [9.17, 15) is 0 Å². The van der Waals surface area contributed by atoms with Crippen LogP contribution in [-0.2, 0) is 0 Å². The van der Waals surface area contributed by atoms with Crippen molar-refractivity contribution in [3.63, 3.8) is 0 Å². The van der Waals surface area contributed by atoms with Gasteiger partial charge in [0.2, 0.25) is 0 Å². The van der Waals surface area contributed by atoms with Gasteiger partial charge in [-0.05, 0) is 3.44 Å². The van der Waals surface area contributed by atoms with Crippen molar-refractivity contribution in [2.24, 2.45) is 0 Å². The minimum Gasteiger partial charge on any atom is -0.396 e. The molecule has 1 rings (SSSR count). The molecule has 1 aromatic rings. The molecule has 0 bridgehead atoms. The molecule has 0 unspecified atom stereocenters. The highest BCUT2D eigenvalue weighted by atomic mass is 127. The Morgan fingerprint density at radius 3 is 1.29 bits per heavy atom. The summed E-state index contributed by atoms with van der Waals surface area (Å²) in [6, 6.07) is 0. The molecule has 0 aliphatic rings. The van der Waals surface area contributed by atoms with Gasteiger partial charge in [-0.3, -0.25) is 0 Å². The summed E-state index contributed by atoms with van der Waals surface area (Å²) in [5.41, 5.74) is 0. The summed E-state index contributed by atoms with van der Waals surface area (Å²) >= 11 is -3.76. The lowest BCUT2D eigenvalue weighted by atomic mass is 15.2. The molecule has 7 heavy (non-hydrogen) atoms. The van der Waals surface area contributed by atoms with Crippen LogP contribution in [0.1, 0.15) is 0 Å². The second-order valence-electron chi connectivity index (χ2n) is 0.405. The fraction of sp³-hybridized carbons (Fsp3) is 0. The zero-order valence-electron chi connectivity index (χ0n) is 2.87. The number of halogens is 1. The van der Waals surface area contributed by atoms with Gasteiger partial charge in [0.05, 0.1) is 0 Å². The summed E-state index contributed by atoms with van der Waals surface area (Å²) in [6.07, 6.45) is 0. The smallest absolute Gasteiger partial charge is 0.396 e. The highest BCUT2D eigenvalue weighted by molar-refractivity contribution is 2.71. The van der Waals surface area contributed by atoms with Crippen molar-refractivity contribution in [1.29, 1.82) is 0 Å². The van der Waals surface area contributed by atoms with Crippen LogP contribution in [0.3, 0.4) is 0 Å². The summed E-state index contributed by atoms with van der Waals surface area (Å²) in [6.45, 7) is 0. The third-order valence-corrected chi connectivity index (χ3v) is 0.0680. The lowest BCUT2D eigenvalue weighted by molar-refractivity contribution is -1.63. The number of rotatable bonds is 0. The van der Waals surface area contributed by atoms with Crippen LogP contribution >= 0.6 is 0 Å². The molecule has 0 aliphatic heterocycles. The minimum absolute atomic E-state index is 3.50. The average Bonchev–Trinajstić information content (AvgIpc) is 2.02. The van der Waals surface area contributed by atoms with E-state index < -0.39 is 21.1 Å². The molecule has 0 saturated carbocycles. The molecular formula is HIO6. The van der Waals surface area contributed by atoms with Gasteiger partial charge in [0.25, 0.3) is 0 Å². The molecular weight excluding hydrogens is 223 g/mol. The van der Waals surface area contributed by atoms with E-state index in [0.29, 0.717) is 0 Å². The highest BCUT2D eigenvalue weighted by Gasteiger charge is 1.89. The van der Waals surface area contributed by atoms with E-state index in [0.717, 1.165) is 0 Å². The lowest BCUT2D eigenvalue weighted by Crippen LogP contribution is -3.98. The van der Waals surface area contributed by atoms with Crippen LogP contribution in [-0.4, -0.2) is 3.44 Å². The Bertz CT molecular complexity index is 55.5. The quantitative estimate of drug-likeness (QED) is 0.348. The molecule has 0 radical (unpaired) electrons.